The van der Waals surface area contributed by atoms with Crippen LogP contribution in [0.15, 0.2) is 5.11 Å². The summed E-state index contributed by atoms with van der Waals surface area (Å²) in [6, 6.07) is 0. The number of rotatable bonds is 3. The number of ether oxygens (including phenoxy) is 4. The third kappa shape index (κ3) is 2.56. The molecule has 0 saturated carbocycles. The molecule has 2 fully saturated rings. The molecule has 0 aromatic carbocycles. The topological polar surface area (TPSA) is 103 Å². The predicted molar refractivity (Wildman–Crippen MR) is 58.3 cm³/mol. The molecule has 18 heavy (non-hydrogen) atoms. The predicted octanol–water partition coefficient (Wildman–Crippen LogP) is 1.10. The Morgan fingerprint density at radius 3 is 2.72 bits per heavy atom. The van der Waals surface area contributed by atoms with Gasteiger partial charge in [-0.25, -0.2) is 0 Å². The maximum absolute atomic E-state index is 10.8. The van der Waals surface area contributed by atoms with Crippen LogP contribution in [0, 0.1) is 0 Å². The molecule has 8 heteroatoms. The number of hydrogen-bond acceptors (Lipinski definition) is 6. The molecule has 0 radical (unpaired) electrons. The smallest absolute Gasteiger partial charge is 0.302 e. The average molecular weight is 257 g/mol. The van der Waals surface area contributed by atoms with E-state index in [1.807, 2.05) is 0 Å². The lowest BCUT2D eigenvalue weighted by molar-refractivity contribution is -0.191. The lowest BCUT2D eigenvalue weighted by Gasteiger charge is -2.22. The molecule has 8 nitrogen and oxygen atoms in total. The van der Waals surface area contributed by atoms with Crippen molar-refractivity contribution >= 4 is 5.97 Å². The van der Waals surface area contributed by atoms with Crippen LogP contribution in [0.25, 0.3) is 10.4 Å². The van der Waals surface area contributed by atoms with Crippen molar-refractivity contribution in [2.45, 2.75) is 51.1 Å². The first-order chi connectivity index (χ1) is 8.43. The molecule has 2 saturated heterocycles. The molecule has 0 aliphatic carbocycles. The van der Waals surface area contributed by atoms with E-state index >= 15 is 0 Å². The molecule has 2 aliphatic rings. The van der Waals surface area contributed by atoms with Gasteiger partial charge in [0.2, 0.25) is 0 Å². The molecule has 0 aromatic rings. The van der Waals surface area contributed by atoms with Crippen LogP contribution < -0.4 is 0 Å². The third-order valence-electron chi connectivity index (χ3n) is 2.74. The number of fused-ring (bicyclic) bond motifs is 1. The fourth-order valence-electron chi connectivity index (χ4n) is 2.14. The van der Waals surface area contributed by atoms with Crippen LogP contribution in [-0.2, 0) is 23.7 Å². The van der Waals surface area contributed by atoms with Crippen molar-refractivity contribution in [1.29, 1.82) is 0 Å². The largest absolute Gasteiger partial charge is 0.463 e. The SMILES string of the molecule is CC(=O)OC[C@H]1O[C@H](N=[N+]=[N-])[C@@H]2OC(C)(C)O[C@@H]21. The van der Waals surface area contributed by atoms with Crippen LogP contribution >= 0.6 is 0 Å². The Kier molecular flexibility index (Phi) is 3.45. The number of carbonyl (C=O) groups excluding carboxylic acids is 1. The molecule has 0 unspecified atom stereocenters. The molecule has 0 spiro atoms. The van der Waals surface area contributed by atoms with E-state index in [1.54, 1.807) is 13.8 Å². The number of hydrogen-bond donors (Lipinski definition) is 0. The Hall–Kier alpha value is -1.34. The first-order valence-corrected chi connectivity index (χ1v) is 5.61. The van der Waals surface area contributed by atoms with Gasteiger partial charge < -0.3 is 18.9 Å². The highest BCUT2D eigenvalue weighted by molar-refractivity contribution is 5.65. The van der Waals surface area contributed by atoms with Crippen molar-refractivity contribution in [1.82, 2.24) is 0 Å². The molecule has 0 amide bonds. The van der Waals surface area contributed by atoms with Crippen molar-refractivity contribution < 1.29 is 23.7 Å². The Bertz CT molecular complexity index is 393. The Labute approximate surface area is 104 Å². The summed E-state index contributed by atoms with van der Waals surface area (Å²) in [6.07, 6.45) is -2.13. The van der Waals surface area contributed by atoms with Crippen LogP contribution in [0.5, 0.6) is 0 Å². The summed E-state index contributed by atoms with van der Waals surface area (Å²) in [4.78, 5) is 13.5. The van der Waals surface area contributed by atoms with Gasteiger partial charge in [0, 0.05) is 11.8 Å². The number of carbonyl (C=O) groups is 1. The van der Waals surface area contributed by atoms with Crippen LogP contribution in [0.4, 0.5) is 0 Å². The van der Waals surface area contributed by atoms with Gasteiger partial charge >= 0.3 is 5.97 Å². The lowest BCUT2D eigenvalue weighted by atomic mass is 10.1. The fraction of sp³-hybridized carbons (Fsp3) is 0.900. The van der Waals surface area contributed by atoms with E-state index < -0.39 is 36.3 Å². The average Bonchev–Trinajstić information content (AvgIpc) is 2.71. The highest BCUT2D eigenvalue weighted by Crippen LogP contribution is 2.39. The van der Waals surface area contributed by atoms with Gasteiger partial charge in [-0.3, -0.25) is 4.79 Å². The first-order valence-electron chi connectivity index (χ1n) is 5.61. The van der Waals surface area contributed by atoms with Crippen LogP contribution in [0.2, 0.25) is 0 Å². The summed E-state index contributed by atoms with van der Waals surface area (Å²) >= 11 is 0. The van der Waals surface area contributed by atoms with E-state index in [0.717, 1.165) is 0 Å². The van der Waals surface area contributed by atoms with Gasteiger partial charge in [-0.05, 0) is 19.4 Å². The van der Waals surface area contributed by atoms with Crippen molar-refractivity contribution in [3.05, 3.63) is 10.4 Å². The molecule has 2 heterocycles. The first kappa shape index (κ1) is 13.1. The van der Waals surface area contributed by atoms with Crippen LogP contribution in [0.3, 0.4) is 0 Å². The van der Waals surface area contributed by atoms with E-state index in [0.29, 0.717) is 0 Å². The molecule has 0 bridgehead atoms. The quantitative estimate of drug-likeness (QED) is 0.326. The van der Waals surface area contributed by atoms with Gasteiger partial charge in [0.15, 0.2) is 12.0 Å². The summed E-state index contributed by atoms with van der Waals surface area (Å²) in [7, 11) is 0. The lowest BCUT2D eigenvalue weighted by Crippen LogP contribution is -2.33. The van der Waals surface area contributed by atoms with Crippen LogP contribution in [-0.4, -0.2) is 42.9 Å². The molecular weight excluding hydrogens is 242 g/mol. The van der Waals surface area contributed by atoms with E-state index in [-0.39, 0.29) is 6.61 Å². The summed E-state index contributed by atoms with van der Waals surface area (Å²) in [5.74, 6) is -1.17. The molecule has 2 rings (SSSR count). The van der Waals surface area contributed by atoms with Crippen molar-refractivity contribution in [2.24, 2.45) is 5.11 Å². The van der Waals surface area contributed by atoms with Gasteiger partial charge in [-0.15, -0.1) is 0 Å². The van der Waals surface area contributed by atoms with E-state index in [1.165, 1.54) is 6.92 Å². The zero-order valence-corrected chi connectivity index (χ0v) is 10.4. The summed E-state index contributed by atoms with van der Waals surface area (Å²) < 4.78 is 21.7. The zero-order valence-electron chi connectivity index (χ0n) is 10.4. The van der Waals surface area contributed by atoms with Crippen molar-refractivity contribution in [3.63, 3.8) is 0 Å². The van der Waals surface area contributed by atoms with Crippen molar-refractivity contribution in [3.8, 4) is 0 Å². The number of nitrogens with zero attached hydrogens (tertiary/aromatic N) is 3. The van der Waals surface area contributed by atoms with Crippen LogP contribution in [0.1, 0.15) is 20.8 Å². The zero-order chi connectivity index (χ0) is 13.3. The monoisotopic (exact) mass is 257 g/mol. The molecule has 0 aromatic heterocycles. The Morgan fingerprint density at radius 2 is 2.11 bits per heavy atom. The molecule has 0 N–H and O–H groups in total. The number of azide groups is 1. The highest BCUT2D eigenvalue weighted by atomic mass is 16.8. The number of esters is 1. The Balaban J connectivity index is 2.09. The molecule has 4 atom stereocenters. The summed E-state index contributed by atoms with van der Waals surface area (Å²) in [6.45, 7) is 4.89. The molecule has 2 aliphatic heterocycles. The van der Waals surface area contributed by atoms with Crippen molar-refractivity contribution in [2.75, 3.05) is 6.61 Å². The highest BCUT2D eigenvalue weighted by Gasteiger charge is 2.55. The summed E-state index contributed by atoms with van der Waals surface area (Å²) in [5, 5.41) is 3.52. The summed E-state index contributed by atoms with van der Waals surface area (Å²) in [5.41, 5.74) is 8.48. The van der Waals surface area contributed by atoms with Gasteiger partial charge in [0.25, 0.3) is 0 Å². The normalized spacial score (nSPS) is 36.8. The minimum atomic E-state index is -0.767. The minimum absolute atomic E-state index is 0.0490. The van der Waals surface area contributed by atoms with Gasteiger partial charge in [-0.2, -0.15) is 0 Å². The fourth-order valence-corrected chi connectivity index (χ4v) is 2.14. The van der Waals surface area contributed by atoms with E-state index in [4.69, 9.17) is 24.5 Å². The van der Waals surface area contributed by atoms with Gasteiger partial charge in [0.05, 0.1) is 0 Å². The van der Waals surface area contributed by atoms with Gasteiger partial charge in [-0.1, -0.05) is 5.11 Å². The maximum atomic E-state index is 10.8. The van der Waals surface area contributed by atoms with Gasteiger partial charge in [0.1, 0.15) is 24.9 Å². The standard InChI is InChI=1S/C10H15N3O5/c1-5(14)15-4-6-7-8(9(16-6)12-13-11)18-10(2,3)17-7/h6-9H,4H2,1-3H3/t6-,7-,8-,9+/m1/s1. The molecule has 100 valence electrons. The second-order valence-electron chi connectivity index (χ2n) is 4.64. The van der Waals surface area contributed by atoms with E-state index in [2.05, 4.69) is 10.0 Å². The second-order valence-corrected chi connectivity index (χ2v) is 4.64. The third-order valence-corrected chi connectivity index (χ3v) is 2.74. The molecular formula is C10H15N3O5. The Morgan fingerprint density at radius 1 is 1.44 bits per heavy atom. The second kappa shape index (κ2) is 4.74. The maximum Gasteiger partial charge on any atom is 0.302 e. The minimum Gasteiger partial charge on any atom is -0.463 e. The van der Waals surface area contributed by atoms with E-state index in [9.17, 15) is 4.79 Å².